The molecule has 2 N–H and O–H groups in total. The Kier molecular flexibility index (Phi) is 48.3. The van der Waals surface area contributed by atoms with Gasteiger partial charge in [0.15, 0.2) is 6.10 Å². The van der Waals surface area contributed by atoms with Crippen molar-refractivity contribution in [3.05, 3.63) is 12.2 Å². The van der Waals surface area contributed by atoms with Gasteiger partial charge in [-0.15, -0.1) is 0 Å². The molecule has 0 bridgehead atoms. The molecule has 0 aromatic carbocycles. The number of aliphatic hydroxyl groups excluding tert-OH is 1. The monoisotopic (exact) mass is 959 g/mol. The summed E-state index contributed by atoms with van der Waals surface area (Å²) >= 11 is 0. The summed E-state index contributed by atoms with van der Waals surface area (Å²) in [6, 6.07) is 0. The van der Waals surface area contributed by atoms with Crippen molar-refractivity contribution in [1.82, 2.24) is 0 Å². The van der Waals surface area contributed by atoms with Crippen LogP contribution in [0.1, 0.15) is 278 Å². The number of carbonyl (C=O) groups is 3. The molecule has 0 spiro atoms. The first-order valence-electron chi connectivity index (χ1n) is 27.6. The molecular weight excluding hydrogens is 856 g/mol. The van der Waals surface area contributed by atoms with Gasteiger partial charge in [-0.25, -0.2) is 4.57 Å². The minimum absolute atomic E-state index is 0.169. The van der Waals surface area contributed by atoms with Gasteiger partial charge in [0.05, 0.1) is 19.8 Å². The quantitative estimate of drug-likeness (QED) is 0.0197. The number of hydrogen-bond acceptors (Lipinski definition) is 10. The maximum absolute atomic E-state index is 12.9. The Bertz CT molecular complexity index is 1160. The third-order valence-corrected chi connectivity index (χ3v) is 13.1. The van der Waals surface area contributed by atoms with Crippen molar-refractivity contribution in [2.75, 3.05) is 26.4 Å². The zero-order valence-corrected chi connectivity index (χ0v) is 43.8. The maximum atomic E-state index is 12.9. The fraction of sp³-hybridized carbons (Fsp3) is 0.907. The molecule has 3 unspecified atom stereocenters. The van der Waals surface area contributed by atoms with Gasteiger partial charge >= 0.3 is 25.7 Å². The van der Waals surface area contributed by atoms with E-state index in [0.717, 1.165) is 64.2 Å². The van der Waals surface area contributed by atoms with E-state index in [4.69, 9.17) is 23.3 Å². The smallest absolute Gasteiger partial charge is 0.462 e. The second-order valence-corrected chi connectivity index (χ2v) is 20.2. The highest BCUT2D eigenvalue weighted by molar-refractivity contribution is 7.47. The topological polar surface area (TPSA) is 155 Å². The Labute approximate surface area is 405 Å². The lowest BCUT2D eigenvalue weighted by molar-refractivity contribution is -0.161. The molecule has 0 fully saturated rings. The molecule has 0 saturated heterocycles. The summed E-state index contributed by atoms with van der Waals surface area (Å²) in [5.41, 5.74) is 0. The zero-order chi connectivity index (χ0) is 48.4. The summed E-state index contributed by atoms with van der Waals surface area (Å²) in [5.74, 6) is -1.45. The van der Waals surface area contributed by atoms with Gasteiger partial charge in [-0.05, 0) is 44.9 Å². The first-order chi connectivity index (χ1) is 32.2. The molecule has 0 saturated carbocycles. The Morgan fingerprint density at radius 1 is 0.409 bits per heavy atom. The van der Waals surface area contributed by atoms with Crippen LogP contribution in [0.25, 0.3) is 0 Å². The van der Waals surface area contributed by atoms with E-state index in [2.05, 4.69) is 32.9 Å². The number of rotatable bonds is 52. The molecule has 0 radical (unpaired) electrons. The second kappa shape index (κ2) is 49.6. The fourth-order valence-electron chi connectivity index (χ4n) is 7.94. The van der Waals surface area contributed by atoms with E-state index in [9.17, 15) is 28.9 Å². The molecule has 0 rings (SSSR count). The number of hydrogen-bond donors (Lipinski definition) is 2. The second-order valence-electron chi connectivity index (χ2n) is 18.8. The van der Waals surface area contributed by atoms with Crippen molar-refractivity contribution in [3.63, 3.8) is 0 Å². The molecule has 66 heavy (non-hydrogen) atoms. The van der Waals surface area contributed by atoms with E-state index >= 15 is 0 Å². The van der Waals surface area contributed by atoms with Gasteiger partial charge in [0, 0.05) is 19.3 Å². The highest BCUT2D eigenvalue weighted by atomic mass is 31.2. The number of ether oxygens (including phenoxy) is 3. The highest BCUT2D eigenvalue weighted by Gasteiger charge is 2.28. The number of phosphoric ester groups is 1. The molecule has 0 aliphatic carbocycles. The van der Waals surface area contributed by atoms with Crippen LogP contribution in [0.2, 0.25) is 0 Å². The fourth-order valence-corrected chi connectivity index (χ4v) is 8.72. The van der Waals surface area contributed by atoms with Crippen LogP contribution in [0.3, 0.4) is 0 Å². The first kappa shape index (κ1) is 64.2. The minimum atomic E-state index is -4.73. The van der Waals surface area contributed by atoms with E-state index in [0.29, 0.717) is 19.3 Å². The Morgan fingerprint density at radius 2 is 0.697 bits per heavy atom. The van der Waals surface area contributed by atoms with Crippen LogP contribution in [0, 0.1) is 0 Å². The summed E-state index contributed by atoms with van der Waals surface area (Å²) in [6.45, 7) is 4.65. The van der Waals surface area contributed by atoms with E-state index < -0.39 is 57.8 Å². The van der Waals surface area contributed by atoms with Crippen molar-refractivity contribution in [3.8, 4) is 0 Å². The number of esters is 3. The van der Waals surface area contributed by atoms with Gasteiger partial charge in [-0.3, -0.25) is 23.4 Å². The molecule has 0 aromatic rings. The van der Waals surface area contributed by atoms with Crippen LogP contribution >= 0.6 is 7.82 Å². The normalized spacial score (nSPS) is 13.5. The van der Waals surface area contributed by atoms with Crippen molar-refractivity contribution in [2.24, 2.45) is 0 Å². The average Bonchev–Trinajstić information content (AvgIpc) is 3.30. The number of carbonyl (C=O) groups excluding carboxylic acids is 3. The summed E-state index contributed by atoms with van der Waals surface area (Å²) < 4.78 is 39.4. The highest BCUT2D eigenvalue weighted by Crippen LogP contribution is 2.43. The zero-order valence-electron chi connectivity index (χ0n) is 42.9. The molecule has 0 heterocycles. The molecule has 0 amide bonds. The van der Waals surface area contributed by atoms with Crippen molar-refractivity contribution in [1.29, 1.82) is 0 Å². The minimum Gasteiger partial charge on any atom is -0.462 e. The number of aliphatic hydroxyl groups is 1. The van der Waals surface area contributed by atoms with Gasteiger partial charge in [-0.2, -0.15) is 0 Å². The van der Waals surface area contributed by atoms with Crippen LogP contribution in [0.5, 0.6) is 0 Å². The van der Waals surface area contributed by atoms with Crippen LogP contribution in [-0.4, -0.2) is 66.5 Å². The summed E-state index contributed by atoms with van der Waals surface area (Å²) in [6.07, 6.45) is 46.0. The van der Waals surface area contributed by atoms with Gasteiger partial charge in [0.1, 0.15) is 12.7 Å². The lowest BCUT2D eigenvalue weighted by Crippen LogP contribution is -2.30. The molecule has 0 aliphatic heterocycles. The van der Waals surface area contributed by atoms with Gasteiger partial charge in [-0.1, -0.05) is 226 Å². The van der Waals surface area contributed by atoms with Crippen molar-refractivity contribution < 1.29 is 52.2 Å². The van der Waals surface area contributed by atoms with E-state index in [1.807, 2.05) is 0 Å². The lowest BCUT2D eigenvalue weighted by atomic mass is 10.1. The Hall–Kier alpha value is -1.78. The third-order valence-electron chi connectivity index (χ3n) is 12.2. The molecule has 11 nitrogen and oxygen atoms in total. The van der Waals surface area contributed by atoms with E-state index in [1.54, 1.807) is 0 Å². The third kappa shape index (κ3) is 47.3. The first-order valence-corrected chi connectivity index (χ1v) is 29.1. The van der Waals surface area contributed by atoms with E-state index in [-0.39, 0.29) is 25.9 Å². The van der Waals surface area contributed by atoms with Gasteiger partial charge in [0.2, 0.25) is 0 Å². The number of allylic oxidation sites excluding steroid dienone is 2. The number of phosphoric acid groups is 1. The predicted molar refractivity (Wildman–Crippen MR) is 270 cm³/mol. The predicted octanol–water partition coefficient (Wildman–Crippen LogP) is 15.7. The van der Waals surface area contributed by atoms with Crippen molar-refractivity contribution in [2.45, 2.75) is 290 Å². The molecule has 0 aliphatic rings. The van der Waals surface area contributed by atoms with Gasteiger partial charge in [0.25, 0.3) is 0 Å². The SMILES string of the molecule is CCCCCCCC/C=C\CCCCCCCCCC(=O)OC(COC(=O)CCCCCCCCCCCCC)COP(=O)(O)OCC(CO)OC(=O)CCCCCCCCCCCCC. The van der Waals surface area contributed by atoms with Crippen LogP contribution in [0.15, 0.2) is 12.2 Å². The van der Waals surface area contributed by atoms with Crippen LogP contribution in [-0.2, 0) is 42.2 Å². The van der Waals surface area contributed by atoms with Crippen LogP contribution < -0.4 is 0 Å². The molecule has 3 atom stereocenters. The average molecular weight is 959 g/mol. The summed E-state index contributed by atoms with van der Waals surface area (Å²) in [7, 11) is -4.73. The summed E-state index contributed by atoms with van der Waals surface area (Å²) in [4.78, 5) is 48.3. The van der Waals surface area contributed by atoms with Gasteiger partial charge < -0.3 is 24.2 Å². The van der Waals surface area contributed by atoms with E-state index in [1.165, 1.54) is 154 Å². The largest absolute Gasteiger partial charge is 0.472 e. The Morgan fingerprint density at radius 3 is 1.05 bits per heavy atom. The molecule has 390 valence electrons. The summed E-state index contributed by atoms with van der Waals surface area (Å²) in [5, 5.41) is 9.77. The molecule has 12 heteroatoms. The molecular formula is C54H103O11P. The van der Waals surface area contributed by atoms with Crippen molar-refractivity contribution >= 4 is 25.7 Å². The lowest BCUT2D eigenvalue weighted by Gasteiger charge is -2.21. The van der Waals surface area contributed by atoms with Crippen LogP contribution in [0.4, 0.5) is 0 Å². The molecule has 0 aromatic heterocycles. The standard InChI is InChI=1S/C54H103O11P/c1-4-7-10-13-16-19-22-23-24-25-26-27-30-33-36-39-42-45-54(58)65-51(47-61-52(56)43-40-37-34-31-28-20-17-14-11-8-5-2)49-63-66(59,60)62-48-50(46-55)64-53(57)44-41-38-35-32-29-21-18-15-12-9-6-3/h23-24,50-51,55H,4-22,25-49H2,1-3H3,(H,59,60)/b24-23-. The Balaban J connectivity index is 4.68. The maximum Gasteiger partial charge on any atom is 0.472 e. The number of unbranched alkanes of at least 4 members (excludes halogenated alkanes) is 33.